The van der Waals surface area contributed by atoms with Gasteiger partial charge in [-0.05, 0) is 66.7 Å². The summed E-state index contributed by atoms with van der Waals surface area (Å²) in [7, 11) is 0. The number of hydrogen-bond donors (Lipinski definition) is 2. The van der Waals surface area contributed by atoms with Crippen LogP contribution in [0.25, 0.3) is 6.08 Å². The second-order valence-corrected chi connectivity index (χ2v) is 6.45. The van der Waals surface area contributed by atoms with Crippen molar-refractivity contribution < 1.29 is 19.4 Å². The predicted molar refractivity (Wildman–Crippen MR) is 101 cm³/mol. The van der Waals surface area contributed by atoms with Crippen LogP contribution >= 0.6 is 11.8 Å². The van der Waals surface area contributed by atoms with Crippen LogP contribution in [0.2, 0.25) is 0 Å². The number of rotatable bonds is 4. The van der Waals surface area contributed by atoms with E-state index in [-0.39, 0.29) is 23.4 Å². The molecule has 132 valence electrons. The Kier molecular flexibility index (Phi) is 5.09. The number of anilines is 1. The van der Waals surface area contributed by atoms with Crippen molar-refractivity contribution >= 4 is 40.6 Å². The summed E-state index contributed by atoms with van der Waals surface area (Å²) in [6, 6.07) is 12.9. The summed E-state index contributed by atoms with van der Waals surface area (Å²) in [6.45, 7) is 2.02. The molecular formula is C19H16N2O4S. The fourth-order valence-electron chi connectivity index (χ4n) is 2.45. The third-order valence-electron chi connectivity index (χ3n) is 3.63. The number of esters is 1. The number of amidine groups is 1. The number of nitrogens with zero attached hydrogens (tertiary/aromatic N) is 1. The van der Waals surface area contributed by atoms with Crippen LogP contribution in [0.1, 0.15) is 22.8 Å². The first-order valence-electron chi connectivity index (χ1n) is 7.88. The van der Waals surface area contributed by atoms with E-state index in [1.165, 1.54) is 4.90 Å². The highest BCUT2D eigenvalue weighted by atomic mass is 32.2. The number of phenols is 1. The maximum absolute atomic E-state index is 12.7. The Bertz CT molecular complexity index is 906. The van der Waals surface area contributed by atoms with Gasteiger partial charge in [0, 0.05) is 0 Å². The summed E-state index contributed by atoms with van der Waals surface area (Å²) >= 11 is 1.04. The van der Waals surface area contributed by atoms with Crippen LogP contribution in [-0.4, -0.2) is 28.8 Å². The molecule has 0 unspecified atom stereocenters. The maximum atomic E-state index is 12.7. The summed E-state index contributed by atoms with van der Waals surface area (Å²) in [4.78, 5) is 26.0. The minimum Gasteiger partial charge on any atom is -0.508 e. The zero-order valence-corrected chi connectivity index (χ0v) is 14.7. The van der Waals surface area contributed by atoms with E-state index in [0.29, 0.717) is 21.7 Å². The third kappa shape index (κ3) is 3.62. The minimum absolute atomic E-state index is 0.0743. The van der Waals surface area contributed by atoms with Gasteiger partial charge in [-0.3, -0.25) is 15.1 Å². The number of carbonyl (C=O) groups excluding carboxylic acids is 2. The van der Waals surface area contributed by atoms with Crippen molar-refractivity contribution in [2.24, 2.45) is 0 Å². The number of aromatic hydroxyl groups is 1. The van der Waals surface area contributed by atoms with Gasteiger partial charge < -0.3 is 9.84 Å². The van der Waals surface area contributed by atoms with Gasteiger partial charge in [0.25, 0.3) is 5.91 Å². The molecular weight excluding hydrogens is 352 g/mol. The zero-order chi connectivity index (χ0) is 18.7. The van der Waals surface area contributed by atoms with E-state index in [2.05, 4.69) is 0 Å². The van der Waals surface area contributed by atoms with E-state index < -0.39 is 5.97 Å². The third-order valence-corrected chi connectivity index (χ3v) is 4.52. The lowest BCUT2D eigenvalue weighted by Gasteiger charge is -2.14. The topological polar surface area (TPSA) is 90.7 Å². The molecule has 0 spiro atoms. The number of ether oxygens (including phenoxy) is 1. The fraction of sp³-hybridized carbons (Fsp3) is 0.105. The molecule has 0 atom stereocenters. The van der Waals surface area contributed by atoms with Crippen molar-refractivity contribution in [1.82, 2.24) is 0 Å². The Hall–Kier alpha value is -3.06. The molecule has 1 amide bonds. The Labute approximate surface area is 154 Å². The van der Waals surface area contributed by atoms with Crippen LogP contribution in [-0.2, 0) is 9.53 Å². The monoisotopic (exact) mass is 368 g/mol. The maximum Gasteiger partial charge on any atom is 0.338 e. The van der Waals surface area contributed by atoms with Gasteiger partial charge in [-0.15, -0.1) is 0 Å². The number of amides is 1. The van der Waals surface area contributed by atoms with Crippen molar-refractivity contribution in [3.8, 4) is 5.75 Å². The normalized spacial score (nSPS) is 15.6. The molecule has 2 aromatic rings. The van der Waals surface area contributed by atoms with E-state index in [1.54, 1.807) is 61.5 Å². The molecule has 1 aliphatic rings. The Morgan fingerprint density at radius 3 is 2.65 bits per heavy atom. The first-order valence-corrected chi connectivity index (χ1v) is 8.70. The quantitative estimate of drug-likeness (QED) is 0.635. The lowest BCUT2D eigenvalue weighted by atomic mass is 10.2. The number of carbonyl (C=O) groups is 2. The second-order valence-electron chi connectivity index (χ2n) is 5.42. The van der Waals surface area contributed by atoms with Crippen molar-refractivity contribution in [2.75, 3.05) is 11.5 Å². The fourth-order valence-corrected chi connectivity index (χ4v) is 3.31. The van der Waals surface area contributed by atoms with E-state index >= 15 is 0 Å². The summed E-state index contributed by atoms with van der Waals surface area (Å²) in [5.41, 5.74) is 1.56. The molecule has 26 heavy (non-hydrogen) atoms. The van der Waals surface area contributed by atoms with Gasteiger partial charge in [-0.25, -0.2) is 4.79 Å². The summed E-state index contributed by atoms with van der Waals surface area (Å²) in [6.07, 6.45) is 1.63. The number of benzene rings is 2. The Morgan fingerprint density at radius 2 is 2.00 bits per heavy atom. The van der Waals surface area contributed by atoms with Gasteiger partial charge in [0.2, 0.25) is 0 Å². The first kappa shape index (κ1) is 17.8. The molecule has 1 fully saturated rings. The van der Waals surface area contributed by atoms with Gasteiger partial charge in [0.05, 0.1) is 22.8 Å². The highest BCUT2D eigenvalue weighted by molar-refractivity contribution is 8.19. The number of nitrogens with one attached hydrogen (secondary N) is 1. The lowest BCUT2D eigenvalue weighted by Crippen LogP contribution is -2.28. The van der Waals surface area contributed by atoms with Gasteiger partial charge in [-0.2, -0.15) is 0 Å². The van der Waals surface area contributed by atoms with Gasteiger partial charge in [0.1, 0.15) is 5.75 Å². The van der Waals surface area contributed by atoms with Crippen molar-refractivity contribution in [2.45, 2.75) is 6.92 Å². The number of phenolic OH excluding ortho intramolecular Hbond substituents is 1. The Morgan fingerprint density at radius 1 is 1.27 bits per heavy atom. The van der Waals surface area contributed by atoms with Gasteiger partial charge in [-0.1, -0.05) is 12.1 Å². The van der Waals surface area contributed by atoms with Crippen molar-refractivity contribution in [3.63, 3.8) is 0 Å². The smallest absolute Gasteiger partial charge is 0.338 e. The molecule has 0 radical (unpaired) electrons. The van der Waals surface area contributed by atoms with E-state index in [4.69, 9.17) is 10.1 Å². The highest BCUT2D eigenvalue weighted by Crippen LogP contribution is 2.35. The molecule has 6 nitrogen and oxygen atoms in total. The lowest BCUT2D eigenvalue weighted by molar-refractivity contribution is -0.113. The SMILES string of the molecule is CCOC(=O)c1ccc(N2C(=N)S/C(=C\c3cccc(O)c3)C2=O)cc1. The Balaban J connectivity index is 1.84. The molecule has 2 N–H and O–H groups in total. The minimum atomic E-state index is -0.430. The zero-order valence-electron chi connectivity index (χ0n) is 13.9. The molecule has 0 aliphatic carbocycles. The van der Waals surface area contributed by atoms with E-state index in [1.807, 2.05) is 0 Å². The van der Waals surface area contributed by atoms with E-state index in [0.717, 1.165) is 11.8 Å². The standard InChI is InChI=1S/C19H16N2O4S/c1-2-25-18(24)13-6-8-14(9-7-13)21-17(23)16(26-19(21)20)11-12-4-3-5-15(22)10-12/h3-11,20,22H,2H2,1H3/b16-11-,20-19?. The van der Waals surface area contributed by atoms with Crippen molar-refractivity contribution in [1.29, 1.82) is 5.41 Å². The van der Waals surface area contributed by atoms with Crippen LogP contribution in [0, 0.1) is 5.41 Å². The number of hydrogen-bond acceptors (Lipinski definition) is 6. The average Bonchev–Trinajstić information content (AvgIpc) is 2.89. The second kappa shape index (κ2) is 7.45. The molecule has 1 saturated heterocycles. The van der Waals surface area contributed by atoms with E-state index in [9.17, 15) is 14.7 Å². The molecule has 0 aromatic heterocycles. The molecule has 7 heteroatoms. The predicted octanol–water partition coefficient (Wildman–Crippen LogP) is 3.62. The molecule has 1 heterocycles. The molecule has 3 rings (SSSR count). The van der Waals surface area contributed by atoms with Crippen LogP contribution in [0.15, 0.2) is 53.4 Å². The summed E-state index contributed by atoms with van der Waals surface area (Å²) in [5.74, 6) is -0.649. The largest absolute Gasteiger partial charge is 0.508 e. The molecule has 1 aliphatic heterocycles. The molecule has 0 saturated carbocycles. The van der Waals surface area contributed by atoms with Gasteiger partial charge in [0.15, 0.2) is 5.17 Å². The molecule has 2 aromatic carbocycles. The van der Waals surface area contributed by atoms with Crippen LogP contribution in [0.3, 0.4) is 0 Å². The van der Waals surface area contributed by atoms with Crippen LogP contribution < -0.4 is 4.90 Å². The van der Waals surface area contributed by atoms with Gasteiger partial charge >= 0.3 is 5.97 Å². The summed E-state index contributed by atoms with van der Waals surface area (Å²) < 4.78 is 4.93. The highest BCUT2D eigenvalue weighted by Gasteiger charge is 2.33. The summed E-state index contributed by atoms with van der Waals surface area (Å²) in [5, 5.41) is 17.7. The first-order chi connectivity index (χ1) is 12.5. The number of thioether (sulfide) groups is 1. The molecule has 0 bridgehead atoms. The van der Waals surface area contributed by atoms with Crippen LogP contribution in [0.5, 0.6) is 5.75 Å². The average molecular weight is 368 g/mol. The van der Waals surface area contributed by atoms with Crippen LogP contribution in [0.4, 0.5) is 5.69 Å². The van der Waals surface area contributed by atoms with Crippen molar-refractivity contribution in [3.05, 3.63) is 64.6 Å².